The van der Waals surface area contributed by atoms with E-state index in [1.54, 1.807) is 11.9 Å². The van der Waals surface area contributed by atoms with Crippen molar-refractivity contribution in [2.24, 2.45) is 11.1 Å². The fraction of sp³-hybridized carbons (Fsp3) is 0.429. The van der Waals surface area contributed by atoms with E-state index in [9.17, 15) is 4.79 Å². The molecule has 0 radical (unpaired) electrons. The summed E-state index contributed by atoms with van der Waals surface area (Å²) in [7, 11) is 1.81. The molecule has 1 aromatic rings. The summed E-state index contributed by atoms with van der Waals surface area (Å²) in [5.74, 6) is 0.0515. The van der Waals surface area contributed by atoms with Gasteiger partial charge in [-0.2, -0.15) is 0 Å². The van der Waals surface area contributed by atoms with Crippen molar-refractivity contribution in [2.75, 3.05) is 7.05 Å². The van der Waals surface area contributed by atoms with Crippen molar-refractivity contribution in [1.82, 2.24) is 4.90 Å². The number of hydrogen-bond donors (Lipinski definition) is 1. The number of rotatable bonds is 4. The molecule has 0 atom stereocenters. The Bertz CT molecular complexity index is 477. The molecule has 1 aromatic carbocycles. The third-order valence-electron chi connectivity index (χ3n) is 3.52. The van der Waals surface area contributed by atoms with Gasteiger partial charge in [0, 0.05) is 13.6 Å². The van der Waals surface area contributed by atoms with E-state index >= 15 is 0 Å². The Labute approximate surface area is 113 Å². The van der Waals surface area contributed by atoms with Gasteiger partial charge in [0.1, 0.15) is 0 Å². The minimum Gasteiger partial charge on any atom is -0.392 e. The molecule has 1 aliphatic rings. The smallest absolute Gasteiger partial charge is 0.235 e. The number of nitrogens with two attached hydrogens (primary N) is 1. The van der Waals surface area contributed by atoms with Crippen LogP contribution in [0.3, 0.4) is 0 Å². The zero-order chi connectivity index (χ0) is 13.3. The van der Waals surface area contributed by atoms with Crippen LogP contribution in [0.2, 0.25) is 0 Å². The molecule has 1 amide bonds. The highest BCUT2D eigenvalue weighted by Crippen LogP contribution is 2.47. The second kappa shape index (κ2) is 4.69. The first kappa shape index (κ1) is 13.0. The van der Waals surface area contributed by atoms with Crippen LogP contribution in [0.25, 0.3) is 0 Å². The molecule has 0 bridgehead atoms. The number of benzene rings is 1. The Morgan fingerprint density at radius 2 is 1.94 bits per heavy atom. The lowest BCUT2D eigenvalue weighted by atomic mass is 10.1. The average Bonchev–Trinajstić information content (AvgIpc) is 3.12. The number of carbonyl (C=O) groups is 1. The van der Waals surface area contributed by atoms with Crippen LogP contribution in [0.1, 0.15) is 24.0 Å². The molecule has 3 nitrogen and oxygen atoms in total. The zero-order valence-corrected chi connectivity index (χ0v) is 11.6. The number of amides is 1. The molecule has 0 saturated heterocycles. The molecule has 18 heavy (non-hydrogen) atoms. The van der Waals surface area contributed by atoms with Gasteiger partial charge in [-0.15, -0.1) is 0 Å². The van der Waals surface area contributed by atoms with Gasteiger partial charge in [0.05, 0.1) is 10.4 Å². The fourth-order valence-electron chi connectivity index (χ4n) is 2.10. The van der Waals surface area contributed by atoms with Gasteiger partial charge in [-0.25, -0.2) is 0 Å². The molecule has 0 aromatic heterocycles. The van der Waals surface area contributed by atoms with E-state index in [1.165, 1.54) is 5.56 Å². The maximum atomic E-state index is 12.3. The second-order valence-electron chi connectivity index (χ2n) is 5.09. The number of aryl methyl sites for hydroxylation is 1. The molecule has 96 valence electrons. The molecule has 1 saturated carbocycles. The third kappa shape index (κ3) is 2.38. The number of hydrogen-bond acceptors (Lipinski definition) is 2. The molecule has 2 N–H and O–H groups in total. The summed E-state index contributed by atoms with van der Waals surface area (Å²) in [5.41, 5.74) is 7.46. The van der Waals surface area contributed by atoms with Crippen molar-refractivity contribution < 1.29 is 4.79 Å². The van der Waals surface area contributed by atoms with Gasteiger partial charge >= 0.3 is 0 Å². The molecule has 1 fully saturated rings. The summed E-state index contributed by atoms with van der Waals surface area (Å²) in [4.78, 5) is 14.4. The Kier molecular flexibility index (Phi) is 3.39. The maximum absolute atomic E-state index is 12.3. The summed E-state index contributed by atoms with van der Waals surface area (Å²) in [6.07, 6.45) is 1.58. The highest BCUT2D eigenvalue weighted by atomic mass is 32.1. The van der Waals surface area contributed by atoms with Crippen LogP contribution in [0, 0.1) is 12.3 Å². The monoisotopic (exact) mass is 262 g/mol. The van der Waals surface area contributed by atoms with Crippen LogP contribution in [-0.4, -0.2) is 22.8 Å². The van der Waals surface area contributed by atoms with Crippen molar-refractivity contribution in [3.05, 3.63) is 35.4 Å². The van der Waals surface area contributed by atoms with Crippen molar-refractivity contribution in [1.29, 1.82) is 0 Å². The zero-order valence-electron chi connectivity index (χ0n) is 10.8. The first-order valence-corrected chi connectivity index (χ1v) is 6.47. The quantitative estimate of drug-likeness (QED) is 0.844. The normalized spacial score (nSPS) is 16.1. The van der Waals surface area contributed by atoms with E-state index in [-0.39, 0.29) is 5.91 Å². The molecular formula is C14H18N2OS. The molecule has 0 aliphatic heterocycles. The highest BCUT2D eigenvalue weighted by molar-refractivity contribution is 7.80. The molecule has 4 heteroatoms. The molecule has 0 spiro atoms. The van der Waals surface area contributed by atoms with Crippen LogP contribution in [0.5, 0.6) is 0 Å². The number of nitrogens with zero attached hydrogens (tertiary/aromatic N) is 1. The summed E-state index contributed by atoms with van der Waals surface area (Å²) in [6, 6.07) is 8.18. The lowest BCUT2D eigenvalue weighted by molar-refractivity contribution is -0.133. The minimum atomic E-state index is -0.547. The second-order valence-corrected chi connectivity index (χ2v) is 5.53. The van der Waals surface area contributed by atoms with Gasteiger partial charge in [0.2, 0.25) is 5.91 Å². The van der Waals surface area contributed by atoms with E-state index in [4.69, 9.17) is 18.0 Å². The van der Waals surface area contributed by atoms with Gasteiger partial charge in [-0.3, -0.25) is 4.79 Å². The minimum absolute atomic E-state index is 0.0515. The fourth-order valence-corrected chi connectivity index (χ4v) is 2.39. The van der Waals surface area contributed by atoms with Crippen LogP contribution in [0.4, 0.5) is 0 Å². The third-order valence-corrected chi connectivity index (χ3v) is 3.91. The predicted octanol–water partition coefficient (Wildman–Crippen LogP) is 2.02. The summed E-state index contributed by atoms with van der Waals surface area (Å²) in [6.45, 7) is 2.65. The van der Waals surface area contributed by atoms with Crippen molar-refractivity contribution in [2.45, 2.75) is 26.3 Å². The Morgan fingerprint density at radius 1 is 1.39 bits per heavy atom. The van der Waals surface area contributed by atoms with E-state index in [0.29, 0.717) is 11.5 Å². The van der Waals surface area contributed by atoms with Crippen LogP contribution in [-0.2, 0) is 11.3 Å². The molecule has 0 unspecified atom stereocenters. The standard InChI is InChI=1S/C14H18N2OS/c1-10-3-5-11(6-4-10)9-16(2)13(17)14(7-8-14)12(15)18/h3-6H,7-9H2,1-2H3,(H2,15,18). The van der Waals surface area contributed by atoms with Crippen LogP contribution in [0.15, 0.2) is 24.3 Å². The first-order chi connectivity index (χ1) is 8.45. The van der Waals surface area contributed by atoms with E-state index in [0.717, 1.165) is 18.4 Å². The summed E-state index contributed by atoms with van der Waals surface area (Å²) < 4.78 is 0. The van der Waals surface area contributed by atoms with Crippen molar-refractivity contribution in [3.63, 3.8) is 0 Å². The highest BCUT2D eigenvalue weighted by Gasteiger charge is 2.53. The van der Waals surface area contributed by atoms with Crippen molar-refractivity contribution in [3.8, 4) is 0 Å². The van der Waals surface area contributed by atoms with Gasteiger partial charge in [0.15, 0.2) is 0 Å². The average molecular weight is 262 g/mol. The Hall–Kier alpha value is -1.42. The first-order valence-electron chi connectivity index (χ1n) is 6.07. The number of thiocarbonyl (C=S) groups is 1. The largest absolute Gasteiger partial charge is 0.392 e. The lowest BCUT2D eigenvalue weighted by Crippen LogP contribution is -2.40. The molecule has 2 rings (SSSR count). The summed E-state index contributed by atoms with van der Waals surface area (Å²) in [5, 5.41) is 0. The lowest BCUT2D eigenvalue weighted by Gasteiger charge is -2.23. The molecule has 1 aliphatic carbocycles. The topological polar surface area (TPSA) is 46.3 Å². The van der Waals surface area contributed by atoms with E-state index < -0.39 is 5.41 Å². The van der Waals surface area contributed by atoms with Gasteiger partial charge < -0.3 is 10.6 Å². The van der Waals surface area contributed by atoms with E-state index in [1.807, 2.05) is 31.2 Å². The number of carbonyl (C=O) groups excluding carboxylic acids is 1. The predicted molar refractivity (Wildman–Crippen MR) is 76.1 cm³/mol. The molecule has 0 heterocycles. The molecular weight excluding hydrogens is 244 g/mol. The van der Waals surface area contributed by atoms with Crippen LogP contribution >= 0.6 is 12.2 Å². The van der Waals surface area contributed by atoms with Gasteiger partial charge in [-0.1, -0.05) is 42.0 Å². The van der Waals surface area contributed by atoms with Gasteiger partial charge in [0.25, 0.3) is 0 Å². The van der Waals surface area contributed by atoms with Gasteiger partial charge in [-0.05, 0) is 25.3 Å². The van der Waals surface area contributed by atoms with E-state index in [2.05, 4.69) is 0 Å². The SMILES string of the molecule is Cc1ccc(CN(C)C(=O)C2(C(N)=S)CC2)cc1. The van der Waals surface area contributed by atoms with Crippen molar-refractivity contribution >= 4 is 23.1 Å². The maximum Gasteiger partial charge on any atom is 0.235 e. The Balaban J connectivity index is 2.04. The summed E-state index contributed by atoms with van der Waals surface area (Å²) >= 11 is 5.00. The van der Waals surface area contributed by atoms with Crippen LogP contribution < -0.4 is 5.73 Å². The Morgan fingerprint density at radius 3 is 2.39 bits per heavy atom.